The second kappa shape index (κ2) is 5.67. The van der Waals surface area contributed by atoms with Crippen molar-refractivity contribution >= 4 is 23.7 Å². The van der Waals surface area contributed by atoms with E-state index < -0.39 is 0 Å². The zero-order chi connectivity index (χ0) is 15.0. The Morgan fingerprint density at radius 2 is 2.19 bits per heavy atom. The Labute approximate surface area is 127 Å². The lowest BCUT2D eigenvalue weighted by Gasteiger charge is -2.13. The highest BCUT2D eigenvalue weighted by Crippen LogP contribution is 2.40. The molecule has 114 valence electrons. The predicted molar refractivity (Wildman–Crippen MR) is 78.2 cm³/mol. The normalized spacial score (nSPS) is 18.4. The van der Waals surface area contributed by atoms with Crippen LogP contribution in [0.2, 0.25) is 0 Å². The molecule has 21 heavy (non-hydrogen) atoms. The van der Waals surface area contributed by atoms with Gasteiger partial charge >= 0.3 is 6.03 Å². The molecule has 1 aromatic rings. The Kier molecular flexibility index (Phi) is 3.88. The molecule has 1 N–H and O–H groups in total. The minimum atomic E-state index is -0.299. The monoisotopic (exact) mass is 309 g/mol. The van der Waals surface area contributed by atoms with E-state index in [1.807, 2.05) is 0 Å². The van der Waals surface area contributed by atoms with Gasteiger partial charge in [0.05, 0.1) is 5.75 Å². The lowest BCUT2D eigenvalue weighted by molar-refractivity contribution is -0.124. The third kappa shape index (κ3) is 2.90. The molecule has 2 aliphatic rings. The molecule has 2 heterocycles. The molecule has 3 rings (SSSR count). The van der Waals surface area contributed by atoms with Crippen molar-refractivity contribution in [2.24, 2.45) is 0 Å². The van der Waals surface area contributed by atoms with E-state index in [2.05, 4.69) is 33.9 Å². The fourth-order valence-electron chi connectivity index (χ4n) is 2.37. The van der Waals surface area contributed by atoms with Gasteiger partial charge in [-0.1, -0.05) is 25.6 Å². The van der Waals surface area contributed by atoms with Crippen molar-refractivity contribution in [1.82, 2.24) is 25.0 Å². The fourth-order valence-corrected chi connectivity index (χ4v) is 3.26. The van der Waals surface area contributed by atoms with Crippen LogP contribution in [0.25, 0.3) is 0 Å². The number of carbonyl (C=O) groups is 2. The van der Waals surface area contributed by atoms with Crippen LogP contribution in [-0.2, 0) is 4.79 Å². The first kappa shape index (κ1) is 14.4. The van der Waals surface area contributed by atoms with Crippen LogP contribution in [0.4, 0.5) is 4.79 Å². The SMILES string of the molecule is CC(C)c1nnc(SCC(=O)N2CCNC2=O)n1C1CC1. The molecule has 3 amide bonds. The van der Waals surface area contributed by atoms with E-state index in [0.29, 0.717) is 25.0 Å². The average molecular weight is 309 g/mol. The number of urea groups is 1. The van der Waals surface area contributed by atoms with Crippen molar-refractivity contribution in [3.63, 3.8) is 0 Å². The summed E-state index contributed by atoms with van der Waals surface area (Å²) in [6, 6.07) is 0.178. The van der Waals surface area contributed by atoms with Crippen LogP contribution in [-0.4, -0.2) is 50.4 Å². The van der Waals surface area contributed by atoms with Crippen molar-refractivity contribution in [1.29, 1.82) is 0 Å². The maximum atomic E-state index is 12.1. The Balaban J connectivity index is 1.68. The van der Waals surface area contributed by atoms with Gasteiger partial charge in [-0.05, 0) is 12.8 Å². The highest BCUT2D eigenvalue weighted by Gasteiger charge is 2.31. The van der Waals surface area contributed by atoms with Gasteiger partial charge in [-0.15, -0.1) is 10.2 Å². The van der Waals surface area contributed by atoms with E-state index in [1.165, 1.54) is 16.7 Å². The molecular weight excluding hydrogens is 290 g/mol. The number of thioether (sulfide) groups is 1. The summed E-state index contributed by atoms with van der Waals surface area (Å²) in [7, 11) is 0. The third-order valence-electron chi connectivity index (χ3n) is 3.60. The molecule has 0 unspecified atom stereocenters. The van der Waals surface area contributed by atoms with Crippen molar-refractivity contribution < 1.29 is 9.59 Å². The minimum absolute atomic E-state index is 0.175. The Bertz CT molecular complexity index is 567. The van der Waals surface area contributed by atoms with Crippen LogP contribution < -0.4 is 5.32 Å². The maximum Gasteiger partial charge on any atom is 0.324 e. The highest BCUT2D eigenvalue weighted by molar-refractivity contribution is 7.99. The van der Waals surface area contributed by atoms with Crippen molar-refractivity contribution in [3.8, 4) is 0 Å². The van der Waals surface area contributed by atoms with Gasteiger partial charge in [-0.2, -0.15) is 0 Å². The van der Waals surface area contributed by atoms with Crippen LogP contribution in [0.15, 0.2) is 5.16 Å². The second-order valence-electron chi connectivity index (χ2n) is 5.66. The van der Waals surface area contributed by atoms with Gasteiger partial charge in [0.2, 0.25) is 5.91 Å². The van der Waals surface area contributed by atoms with Crippen molar-refractivity contribution in [3.05, 3.63) is 5.82 Å². The summed E-state index contributed by atoms with van der Waals surface area (Å²) in [5.74, 6) is 1.33. The smallest absolute Gasteiger partial charge is 0.324 e. The first-order valence-corrected chi connectivity index (χ1v) is 8.22. The number of hydrogen-bond donors (Lipinski definition) is 1. The molecular formula is C13H19N5O2S. The molecule has 0 aromatic carbocycles. The van der Waals surface area contributed by atoms with Crippen LogP contribution in [0.3, 0.4) is 0 Å². The van der Waals surface area contributed by atoms with E-state index in [1.54, 1.807) is 0 Å². The lowest BCUT2D eigenvalue weighted by atomic mass is 10.2. The Morgan fingerprint density at radius 3 is 2.76 bits per heavy atom. The largest absolute Gasteiger partial charge is 0.336 e. The van der Waals surface area contributed by atoms with Gasteiger partial charge in [0.25, 0.3) is 0 Å². The first-order valence-electron chi connectivity index (χ1n) is 7.23. The van der Waals surface area contributed by atoms with Gasteiger partial charge in [-0.25, -0.2) is 4.79 Å². The van der Waals surface area contributed by atoms with Gasteiger partial charge in [0.1, 0.15) is 5.82 Å². The maximum absolute atomic E-state index is 12.1. The molecule has 0 atom stereocenters. The number of amides is 3. The number of nitrogens with one attached hydrogen (secondary N) is 1. The molecule has 2 fully saturated rings. The van der Waals surface area contributed by atoms with E-state index >= 15 is 0 Å². The van der Waals surface area contributed by atoms with Gasteiger partial charge in [0.15, 0.2) is 5.16 Å². The molecule has 0 bridgehead atoms. The van der Waals surface area contributed by atoms with Gasteiger partial charge < -0.3 is 9.88 Å². The third-order valence-corrected chi connectivity index (χ3v) is 4.53. The molecule has 1 aliphatic carbocycles. The number of aromatic nitrogens is 3. The fraction of sp³-hybridized carbons (Fsp3) is 0.692. The standard InChI is InChI=1S/C13H19N5O2S/c1-8(2)11-15-16-13(18(11)9-3-4-9)21-7-10(19)17-6-5-14-12(17)20/h8-9H,3-7H2,1-2H3,(H,14,20). The van der Waals surface area contributed by atoms with Gasteiger partial charge in [0, 0.05) is 25.0 Å². The summed E-state index contributed by atoms with van der Waals surface area (Å²) in [6.07, 6.45) is 2.29. The Morgan fingerprint density at radius 1 is 1.43 bits per heavy atom. The topological polar surface area (TPSA) is 80.1 Å². The second-order valence-corrected chi connectivity index (χ2v) is 6.61. The molecule has 0 radical (unpaired) electrons. The number of nitrogens with zero attached hydrogens (tertiary/aromatic N) is 4. The summed E-state index contributed by atoms with van der Waals surface area (Å²) in [5.41, 5.74) is 0. The van der Waals surface area contributed by atoms with Gasteiger partial charge in [-0.3, -0.25) is 9.69 Å². The number of carbonyl (C=O) groups excluding carboxylic acids is 2. The summed E-state index contributed by atoms with van der Waals surface area (Å²) in [6.45, 7) is 5.17. The predicted octanol–water partition coefficient (Wildman–Crippen LogP) is 1.38. The zero-order valence-corrected chi connectivity index (χ0v) is 13.0. The molecule has 1 aliphatic heterocycles. The molecule has 1 saturated carbocycles. The zero-order valence-electron chi connectivity index (χ0n) is 12.2. The number of rotatable bonds is 5. The summed E-state index contributed by atoms with van der Waals surface area (Å²) in [4.78, 5) is 24.8. The number of hydrogen-bond acceptors (Lipinski definition) is 5. The van der Waals surface area contributed by atoms with Crippen LogP contribution in [0.1, 0.15) is 44.5 Å². The highest BCUT2D eigenvalue weighted by atomic mass is 32.2. The van der Waals surface area contributed by atoms with Crippen LogP contribution in [0, 0.1) is 0 Å². The van der Waals surface area contributed by atoms with Crippen LogP contribution >= 0.6 is 11.8 Å². The number of imide groups is 1. The molecule has 7 nitrogen and oxygen atoms in total. The molecule has 1 aromatic heterocycles. The molecule has 1 saturated heterocycles. The quantitative estimate of drug-likeness (QED) is 0.831. The van der Waals surface area contributed by atoms with E-state index in [9.17, 15) is 9.59 Å². The molecule has 0 spiro atoms. The van der Waals surface area contributed by atoms with Crippen LogP contribution in [0.5, 0.6) is 0 Å². The van der Waals surface area contributed by atoms with E-state index in [-0.39, 0.29) is 17.7 Å². The first-order chi connectivity index (χ1) is 10.1. The average Bonchev–Trinajstić information content (AvgIpc) is 3.04. The summed E-state index contributed by atoms with van der Waals surface area (Å²) < 4.78 is 2.16. The minimum Gasteiger partial charge on any atom is -0.336 e. The molecule has 8 heteroatoms. The lowest BCUT2D eigenvalue weighted by Crippen LogP contribution is -2.35. The summed E-state index contributed by atoms with van der Waals surface area (Å²) >= 11 is 1.37. The van der Waals surface area contributed by atoms with Crippen molar-refractivity contribution in [2.75, 3.05) is 18.8 Å². The van der Waals surface area contributed by atoms with Crippen molar-refractivity contribution in [2.45, 2.75) is 43.8 Å². The van der Waals surface area contributed by atoms with E-state index in [0.717, 1.165) is 23.8 Å². The van der Waals surface area contributed by atoms with E-state index in [4.69, 9.17) is 0 Å². The Hall–Kier alpha value is -1.57. The summed E-state index contributed by atoms with van der Waals surface area (Å²) in [5, 5.41) is 11.9.